The molecule has 0 bridgehead atoms. The maximum Gasteiger partial charge on any atom is 0.336 e. The number of methoxy groups -OCH3 is 2. The number of hydrogen-bond acceptors (Lipinski definition) is 5. The van der Waals surface area contributed by atoms with Crippen LogP contribution in [0.5, 0.6) is 17.2 Å². The molecular formula is C24H21NO5. The predicted molar refractivity (Wildman–Crippen MR) is 115 cm³/mol. The molecule has 0 unspecified atom stereocenters. The lowest BCUT2D eigenvalue weighted by atomic mass is 10.2. The Kier molecular flexibility index (Phi) is 6.84. The lowest BCUT2D eigenvalue weighted by Gasteiger charge is -2.09. The number of hydrogen-bond donors (Lipinski definition) is 1. The Labute approximate surface area is 174 Å². The first-order valence-electron chi connectivity index (χ1n) is 9.17. The van der Waals surface area contributed by atoms with Gasteiger partial charge in [-0.05, 0) is 60.2 Å². The molecule has 0 saturated carbocycles. The van der Waals surface area contributed by atoms with Crippen LogP contribution in [0.4, 0.5) is 5.69 Å². The monoisotopic (exact) mass is 403 g/mol. The van der Waals surface area contributed by atoms with E-state index in [1.54, 1.807) is 61.7 Å². The Bertz CT molecular complexity index is 1040. The van der Waals surface area contributed by atoms with Crippen LogP contribution >= 0.6 is 0 Å². The zero-order valence-corrected chi connectivity index (χ0v) is 16.6. The maximum atomic E-state index is 12.4. The molecule has 0 aliphatic heterocycles. The minimum Gasteiger partial charge on any atom is -0.497 e. The number of rotatable bonds is 7. The summed E-state index contributed by atoms with van der Waals surface area (Å²) in [6.07, 6.45) is 3.00. The molecular weight excluding hydrogens is 382 g/mol. The molecule has 3 rings (SSSR count). The summed E-state index contributed by atoms with van der Waals surface area (Å²) in [6.45, 7) is 0. The molecule has 6 nitrogen and oxygen atoms in total. The summed E-state index contributed by atoms with van der Waals surface area (Å²) in [5.74, 6) is 0.808. The first kappa shape index (κ1) is 20.7. The van der Waals surface area contributed by atoms with Crippen LogP contribution in [0.1, 0.15) is 15.9 Å². The quantitative estimate of drug-likeness (QED) is 0.355. The van der Waals surface area contributed by atoms with Gasteiger partial charge in [0.25, 0.3) is 5.91 Å². The van der Waals surface area contributed by atoms with Crippen molar-refractivity contribution in [3.05, 3.63) is 90.0 Å². The van der Waals surface area contributed by atoms with Gasteiger partial charge in [-0.3, -0.25) is 4.79 Å². The van der Waals surface area contributed by atoms with Crippen molar-refractivity contribution >= 4 is 23.6 Å². The standard InChI is InChI=1S/C24H21NO5/c1-28-19-12-7-17(8-13-19)9-16-23(26)30-20-14-10-18(11-15-20)25-24(27)21-5-3-4-6-22(21)29-2/h3-16H,1-2H3,(H,25,27)/b16-9+. The molecule has 152 valence electrons. The molecule has 0 saturated heterocycles. The van der Waals surface area contributed by atoms with Crippen molar-refractivity contribution in [1.29, 1.82) is 0 Å². The number of carbonyl (C=O) groups is 2. The second kappa shape index (κ2) is 9.93. The lowest BCUT2D eigenvalue weighted by Crippen LogP contribution is -2.13. The SMILES string of the molecule is COc1ccc(/C=C/C(=O)Oc2ccc(NC(=O)c3ccccc3OC)cc2)cc1. The summed E-state index contributed by atoms with van der Waals surface area (Å²) in [7, 11) is 3.11. The van der Waals surface area contributed by atoms with E-state index in [9.17, 15) is 9.59 Å². The number of anilines is 1. The van der Waals surface area contributed by atoms with Gasteiger partial charge in [0.2, 0.25) is 0 Å². The number of ether oxygens (including phenoxy) is 3. The molecule has 3 aromatic carbocycles. The topological polar surface area (TPSA) is 73.9 Å². The van der Waals surface area contributed by atoms with E-state index in [2.05, 4.69) is 5.32 Å². The zero-order valence-electron chi connectivity index (χ0n) is 16.6. The lowest BCUT2D eigenvalue weighted by molar-refractivity contribution is -0.128. The fourth-order valence-electron chi connectivity index (χ4n) is 2.67. The fourth-order valence-corrected chi connectivity index (χ4v) is 2.67. The molecule has 30 heavy (non-hydrogen) atoms. The van der Waals surface area contributed by atoms with E-state index in [1.807, 2.05) is 24.3 Å². The van der Waals surface area contributed by atoms with Gasteiger partial charge in [0.05, 0.1) is 19.8 Å². The fraction of sp³-hybridized carbons (Fsp3) is 0.0833. The number of esters is 1. The third-order valence-electron chi connectivity index (χ3n) is 4.21. The highest BCUT2D eigenvalue weighted by Gasteiger charge is 2.11. The molecule has 0 aromatic heterocycles. The molecule has 6 heteroatoms. The number of carbonyl (C=O) groups excluding carboxylic acids is 2. The summed E-state index contributed by atoms with van der Waals surface area (Å²) in [4.78, 5) is 24.4. The third-order valence-corrected chi connectivity index (χ3v) is 4.21. The molecule has 1 N–H and O–H groups in total. The van der Waals surface area contributed by atoms with Gasteiger partial charge in [-0.15, -0.1) is 0 Å². The Balaban J connectivity index is 1.57. The Hall–Kier alpha value is -4.06. The molecule has 0 aliphatic rings. The molecule has 0 aliphatic carbocycles. The van der Waals surface area contributed by atoms with Gasteiger partial charge in [-0.25, -0.2) is 4.79 Å². The highest BCUT2D eigenvalue weighted by molar-refractivity contribution is 6.06. The van der Waals surface area contributed by atoms with Gasteiger partial charge >= 0.3 is 5.97 Å². The summed E-state index contributed by atoms with van der Waals surface area (Å²) < 4.78 is 15.6. The van der Waals surface area contributed by atoms with Crippen molar-refractivity contribution in [1.82, 2.24) is 0 Å². The van der Waals surface area contributed by atoms with Crippen molar-refractivity contribution in [2.75, 3.05) is 19.5 Å². The molecule has 0 fully saturated rings. The van der Waals surface area contributed by atoms with Gasteiger partial charge < -0.3 is 19.5 Å². The van der Waals surface area contributed by atoms with Crippen LogP contribution in [0, 0.1) is 0 Å². The first-order valence-corrected chi connectivity index (χ1v) is 9.17. The zero-order chi connectivity index (χ0) is 21.3. The Morgan fingerprint density at radius 3 is 2.13 bits per heavy atom. The van der Waals surface area contributed by atoms with Crippen molar-refractivity contribution in [3.8, 4) is 17.2 Å². The molecule has 1 amide bonds. The third kappa shape index (κ3) is 5.48. The summed E-state index contributed by atoms with van der Waals surface area (Å²) in [5, 5.41) is 2.79. The smallest absolute Gasteiger partial charge is 0.336 e. The Morgan fingerprint density at radius 2 is 1.47 bits per heavy atom. The number of nitrogens with one attached hydrogen (secondary N) is 1. The van der Waals surface area contributed by atoms with Crippen molar-refractivity contribution in [2.45, 2.75) is 0 Å². The van der Waals surface area contributed by atoms with Crippen molar-refractivity contribution in [2.24, 2.45) is 0 Å². The summed E-state index contributed by atoms with van der Waals surface area (Å²) in [6, 6.07) is 20.8. The summed E-state index contributed by atoms with van der Waals surface area (Å²) in [5.41, 5.74) is 1.85. The van der Waals surface area contributed by atoms with Crippen LogP contribution in [0.15, 0.2) is 78.9 Å². The number of benzene rings is 3. The molecule has 0 radical (unpaired) electrons. The van der Waals surface area contributed by atoms with E-state index >= 15 is 0 Å². The van der Waals surface area contributed by atoms with Gasteiger partial charge in [-0.1, -0.05) is 24.3 Å². The van der Waals surface area contributed by atoms with Gasteiger partial charge in [-0.2, -0.15) is 0 Å². The minimum atomic E-state index is -0.503. The van der Waals surface area contributed by atoms with E-state index in [1.165, 1.54) is 13.2 Å². The van der Waals surface area contributed by atoms with Crippen LogP contribution in [0.2, 0.25) is 0 Å². The van der Waals surface area contributed by atoms with E-state index < -0.39 is 5.97 Å². The van der Waals surface area contributed by atoms with Crippen LogP contribution in [-0.2, 0) is 4.79 Å². The number of amides is 1. The van der Waals surface area contributed by atoms with Gasteiger partial charge in [0, 0.05) is 11.8 Å². The van der Waals surface area contributed by atoms with E-state index in [4.69, 9.17) is 14.2 Å². The highest BCUT2D eigenvalue weighted by atomic mass is 16.5. The minimum absolute atomic E-state index is 0.292. The molecule has 0 atom stereocenters. The predicted octanol–water partition coefficient (Wildman–Crippen LogP) is 4.57. The largest absolute Gasteiger partial charge is 0.497 e. The maximum absolute atomic E-state index is 12.4. The first-order chi connectivity index (χ1) is 14.6. The van der Waals surface area contributed by atoms with Crippen molar-refractivity contribution in [3.63, 3.8) is 0 Å². The van der Waals surface area contributed by atoms with E-state index in [0.717, 1.165) is 11.3 Å². The van der Waals surface area contributed by atoms with E-state index in [0.29, 0.717) is 22.7 Å². The average molecular weight is 403 g/mol. The van der Waals surface area contributed by atoms with Gasteiger partial charge in [0.1, 0.15) is 17.2 Å². The molecule has 3 aromatic rings. The van der Waals surface area contributed by atoms with Crippen LogP contribution in [-0.4, -0.2) is 26.1 Å². The van der Waals surface area contributed by atoms with E-state index in [-0.39, 0.29) is 5.91 Å². The van der Waals surface area contributed by atoms with Crippen LogP contribution in [0.25, 0.3) is 6.08 Å². The molecule has 0 spiro atoms. The normalized spacial score (nSPS) is 10.5. The highest BCUT2D eigenvalue weighted by Crippen LogP contribution is 2.21. The average Bonchev–Trinajstić information content (AvgIpc) is 2.79. The second-order valence-corrected chi connectivity index (χ2v) is 6.21. The summed E-state index contributed by atoms with van der Waals surface area (Å²) >= 11 is 0. The van der Waals surface area contributed by atoms with Crippen molar-refractivity contribution < 1.29 is 23.8 Å². The number of para-hydroxylation sites is 1. The van der Waals surface area contributed by atoms with Crippen LogP contribution in [0.3, 0.4) is 0 Å². The Morgan fingerprint density at radius 1 is 0.800 bits per heavy atom. The van der Waals surface area contributed by atoms with Gasteiger partial charge in [0.15, 0.2) is 0 Å². The van der Waals surface area contributed by atoms with Crippen LogP contribution < -0.4 is 19.5 Å². The second-order valence-electron chi connectivity index (χ2n) is 6.21. The molecule has 0 heterocycles.